The summed E-state index contributed by atoms with van der Waals surface area (Å²) >= 11 is 6.99. The molecule has 0 saturated carbocycles. The number of alkyl halides is 2. The van der Waals surface area contributed by atoms with Gasteiger partial charge in [0.05, 0.1) is 0 Å². The molecule has 0 aromatic carbocycles. The van der Waals surface area contributed by atoms with Crippen LogP contribution in [0, 0.1) is 0 Å². The van der Waals surface area contributed by atoms with Crippen LogP contribution in [0.2, 0.25) is 0 Å². The lowest BCUT2D eigenvalue weighted by atomic mass is 10.1. The molecule has 0 aliphatic carbocycles. The van der Waals surface area contributed by atoms with E-state index in [1.807, 2.05) is 0 Å². The molecule has 0 aliphatic rings. The summed E-state index contributed by atoms with van der Waals surface area (Å²) in [5.74, 6) is 0. The lowest BCUT2D eigenvalue weighted by Gasteiger charge is -2.02. The third kappa shape index (κ3) is 8.30. The first-order valence-corrected chi connectivity index (χ1v) is 12.2. The van der Waals surface area contributed by atoms with Crippen molar-refractivity contribution in [2.24, 2.45) is 0 Å². The van der Waals surface area contributed by atoms with E-state index in [0.717, 1.165) is 23.7 Å². The number of rotatable bonds is 13. The van der Waals surface area contributed by atoms with Crippen molar-refractivity contribution in [2.75, 3.05) is 10.7 Å². The minimum atomic E-state index is 1.12. The lowest BCUT2D eigenvalue weighted by molar-refractivity contribution is -0.697. The number of aromatic nitrogens is 2. The summed E-state index contributed by atoms with van der Waals surface area (Å²) in [6, 6.07) is 8.94. The fourth-order valence-corrected chi connectivity index (χ4v) is 3.88. The zero-order valence-corrected chi connectivity index (χ0v) is 18.9. The van der Waals surface area contributed by atoms with Crippen LogP contribution in [0.25, 0.3) is 11.1 Å². The van der Waals surface area contributed by atoms with Gasteiger partial charge in [-0.3, -0.25) is 0 Å². The molecule has 0 atom stereocenters. The van der Waals surface area contributed by atoms with Gasteiger partial charge >= 0.3 is 0 Å². The molecule has 0 saturated heterocycles. The maximum absolute atomic E-state index is 3.49. The van der Waals surface area contributed by atoms with Gasteiger partial charge in [0.1, 0.15) is 13.1 Å². The van der Waals surface area contributed by atoms with Gasteiger partial charge in [0.25, 0.3) is 0 Å². The first-order chi connectivity index (χ1) is 12.8. The number of aryl methyl sites for hydroxylation is 2. The molecule has 4 heteroatoms. The average molecular weight is 484 g/mol. The van der Waals surface area contributed by atoms with E-state index >= 15 is 0 Å². The van der Waals surface area contributed by atoms with Gasteiger partial charge in [0.15, 0.2) is 24.8 Å². The zero-order chi connectivity index (χ0) is 18.5. The maximum Gasteiger partial charge on any atom is 0.169 e. The quantitative estimate of drug-likeness (QED) is 0.192. The van der Waals surface area contributed by atoms with Crippen molar-refractivity contribution < 1.29 is 9.13 Å². The number of nitrogens with zero attached hydrogens (tertiary/aromatic N) is 2. The van der Waals surface area contributed by atoms with Gasteiger partial charge in [-0.05, 0) is 36.8 Å². The van der Waals surface area contributed by atoms with E-state index in [-0.39, 0.29) is 0 Å². The number of halogens is 2. The number of hydrogen-bond acceptors (Lipinski definition) is 0. The molecule has 0 bridgehead atoms. The number of hydrogen-bond donors (Lipinski definition) is 0. The highest BCUT2D eigenvalue weighted by atomic mass is 79.9. The van der Waals surface area contributed by atoms with Crippen molar-refractivity contribution in [1.82, 2.24) is 0 Å². The first-order valence-electron chi connectivity index (χ1n) is 9.94. The smallest absolute Gasteiger partial charge is 0.169 e. The Morgan fingerprint density at radius 1 is 0.500 bits per heavy atom. The Bertz CT molecular complexity index is 541. The minimum Gasteiger partial charge on any atom is -0.205 e. The third-order valence-corrected chi connectivity index (χ3v) is 5.84. The molecule has 2 aromatic rings. The average Bonchev–Trinajstić information content (AvgIpc) is 2.69. The highest BCUT2D eigenvalue weighted by Gasteiger charge is 2.06. The highest BCUT2D eigenvalue weighted by molar-refractivity contribution is 9.09. The minimum absolute atomic E-state index is 1.12. The molecule has 2 aromatic heterocycles. The van der Waals surface area contributed by atoms with Crippen LogP contribution < -0.4 is 9.13 Å². The van der Waals surface area contributed by atoms with Gasteiger partial charge in [-0.15, -0.1) is 0 Å². The molecule has 0 radical (unpaired) electrons. The highest BCUT2D eigenvalue weighted by Crippen LogP contribution is 2.15. The van der Waals surface area contributed by atoms with Gasteiger partial charge in [-0.1, -0.05) is 44.7 Å². The Labute approximate surface area is 175 Å². The van der Waals surface area contributed by atoms with Crippen molar-refractivity contribution in [3.05, 3.63) is 49.1 Å². The van der Waals surface area contributed by atoms with Crippen LogP contribution in [0.3, 0.4) is 0 Å². The summed E-state index contributed by atoms with van der Waals surface area (Å²) in [4.78, 5) is 0. The maximum atomic E-state index is 3.49. The molecule has 0 amide bonds. The summed E-state index contributed by atoms with van der Waals surface area (Å²) < 4.78 is 4.60. The zero-order valence-electron chi connectivity index (χ0n) is 15.8. The Hall–Kier alpha value is -0.740. The molecule has 2 nitrogen and oxygen atoms in total. The number of pyridine rings is 2. The van der Waals surface area contributed by atoms with Gasteiger partial charge in [0.2, 0.25) is 0 Å². The molecule has 0 N–H and O–H groups in total. The summed E-state index contributed by atoms with van der Waals surface area (Å²) in [6.45, 7) is 2.23. The molecule has 0 aliphatic heterocycles. The molecule has 0 fully saturated rings. The van der Waals surface area contributed by atoms with Gasteiger partial charge < -0.3 is 0 Å². The molecule has 2 rings (SSSR count). The molecule has 0 spiro atoms. The SMILES string of the molecule is BrCCCCCC[n+]1ccc(-c2cc[n+](CCCCCCBr)cc2)cc1. The van der Waals surface area contributed by atoms with E-state index in [0.29, 0.717) is 0 Å². The van der Waals surface area contributed by atoms with E-state index in [4.69, 9.17) is 0 Å². The molecule has 0 unspecified atom stereocenters. The third-order valence-electron chi connectivity index (χ3n) is 4.72. The Morgan fingerprint density at radius 2 is 0.846 bits per heavy atom. The summed E-state index contributed by atoms with van der Waals surface area (Å²) in [5.41, 5.74) is 2.59. The largest absolute Gasteiger partial charge is 0.205 e. The van der Waals surface area contributed by atoms with E-state index in [2.05, 4.69) is 90.0 Å². The van der Waals surface area contributed by atoms with Crippen LogP contribution >= 0.6 is 31.9 Å². The predicted octanol–water partition coefficient (Wildman–Crippen LogP) is 5.84. The monoisotopic (exact) mass is 482 g/mol. The summed E-state index contributed by atoms with van der Waals surface area (Å²) in [5, 5.41) is 2.26. The van der Waals surface area contributed by atoms with E-state index in [1.165, 1.54) is 62.5 Å². The molecular weight excluding hydrogens is 452 g/mol. The van der Waals surface area contributed by atoms with E-state index in [1.54, 1.807) is 0 Å². The van der Waals surface area contributed by atoms with E-state index < -0.39 is 0 Å². The molecule has 2 heterocycles. The van der Waals surface area contributed by atoms with Crippen molar-refractivity contribution in [3.63, 3.8) is 0 Å². The summed E-state index contributed by atoms with van der Waals surface area (Å²) in [6.07, 6.45) is 19.2. The normalized spacial score (nSPS) is 11.0. The first kappa shape index (κ1) is 21.6. The second-order valence-corrected chi connectivity index (χ2v) is 8.44. The van der Waals surface area contributed by atoms with Crippen molar-refractivity contribution >= 4 is 31.9 Å². The Morgan fingerprint density at radius 3 is 1.19 bits per heavy atom. The lowest BCUT2D eigenvalue weighted by Crippen LogP contribution is -2.33. The second-order valence-electron chi connectivity index (χ2n) is 6.86. The van der Waals surface area contributed by atoms with E-state index in [9.17, 15) is 0 Å². The van der Waals surface area contributed by atoms with Crippen LogP contribution in [-0.4, -0.2) is 10.7 Å². The Balaban J connectivity index is 1.77. The van der Waals surface area contributed by atoms with Crippen LogP contribution in [-0.2, 0) is 13.1 Å². The predicted molar refractivity (Wildman–Crippen MR) is 117 cm³/mol. The molecule has 142 valence electrons. The fourth-order valence-electron chi connectivity index (χ4n) is 3.08. The van der Waals surface area contributed by atoms with Gasteiger partial charge in [-0.2, -0.15) is 0 Å². The summed E-state index contributed by atoms with van der Waals surface area (Å²) in [7, 11) is 0. The van der Waals surface area contributed by atoms with Crippen LogP contribution in [0.5, 0.6) is 0 Å². The fraction of sp³-hybridized carbons (Fsp3) is 0.545. The van der Waals surface area contributed by atoms with Crippen molar-refractivity contribution in [1.29, 1.82) is 0 Å². The standard InChI is InChI=1S/C22H32Br2N2/c23-13-5-1-3-7-15-25-17-9-21(10-18-25)22-11-19-26(20-12-22)16-8-4-2-6-14-24/h9-12,17-20H,1-8,13-16H2/q+2. The topological polar surface area (TPSA) is 7.76 Å². The molecular formula is C22H32Br2N2+2. The molecule has 26 heavy (non-hydrogen) atoms. The Kier molecular flexibility index (Phi) is 11.1. The van der Waals surface area contributed by atoms with Crippen LogP contribution in [0.1, 0.15) is 51.4 Å². The second kappa shape index (κ2) is 13.4. The van der Waals surface area contributed by atoms with Gasteiger partial charge in [0, 0.05) is 47.8 Å². The van der Waals surface area contributed by atoms with Crippen LogP contribution in [0.15, 0.2) is 49.1 Å². The van der Waals surface area contributed by atoms with Crippen LogP contribution in [0.4, 0.5) is 0 Å². The van der Waals surface area contributed by atoms with Crippen molar-refractivity contribution in [3.8, 4) is 11.1 Å². The van der Waals surface area contributed by atoms with Gasteiger partial charge in [-0.25, -0.2) is 9.13 Å². The number of unbranched alkanes of at least 4 members (excludes halogenated alkanes) is 6. The van der Waals surface area contributed by atoms with Crippen molar-refractivity contribution in [2.45, 2.75) is 64.5 Å².